The fraction of sp³-hybridized carbons (Fsp3) is 1.00. The van der Waals surface area contributed by atoms with Crippen LogP contribution in [0.4, 0.5) is 0 Å². The molecule has 0 aromatic heterocycles. The summed E-state index contributed by atoms with van der Waals surface area (Å²) in [6.07, 6.45) is -5.94. The summed E-state index contributed by atoms with van der Waals surface area (Å²) in [6.45, 7) is -0.584. The topological polar surface area (TPSA) is 133 Å². The molecule has 0 saturated carbocycles. The lowest BCUT2D eigenvalue weighted by Gasteiger charge is -2.25. The number of aliphatic hydroxyl groups excluding tert-OH is 6. The first-order chi connectivity index (χ1) is 7.04. The van der Waals surface area contributed by atoms with E-state index >= 15 is 0 Å². The maximum Gasteiger partial charge on any atom is 0.111 e. The predicted molar refractivity (Wildman–Crippen MR) is 51.1 cm³/mol. The van der Waals surface area contributed by atoms with E-state index in [1.807, 2.05) is 0 Å². The summed E-state index contributed by atoms with van der Waals surface area (Å²) in [5, 5.41) is 56.4. The lowest BCUT2D eigenvalue weighted by Crippen LogP contribution is -2.49. The van der Waals surface area contributed by atoms with Crippen LogP contribution in [0.15, 0.2) is 0 Å². The minimum absolute atomic E-state index is 0.0308. The lowest BCUT2D eigenvalue weighted by atomic mass is 10.0. The highest BCUT2D eigenvalue weighted by atomic mass is 16.4. The molecule has 0 aliphatic carbocycles. The minimum atomic E-state index is -1.61. The van der Waals surface area contributed by atoms with Crippen molar-refractivity contribution in [1.29, 1.82) is 0 Å². The van der Waals surface area contributed by atoms with E-state index in [9.17, 15) is 15.3 Å². The monoisotopic (exact) mass is 225 g/mol. The molecule has 4 unspecified atom stereocenters. The van der Waals surface area contributed by atoms with Crippen molar-refractivity contribution in [2.24, 2.45) is 0 Å². The maximum atomic E-state index is 9.31. The molecule has 7 nitrogen and oxygen atoms in total. The number of aliphatic hydroxyl groups is 6. The zero-order valence-electron chi connectivity index (χ0n) is 8.32. The highest BCUT2D eigenvalue weighted by Gasteiger charge is 2.29. The quantitative estimate of drug-likeness (QED) is 0.209. The molecule has 0 aliphatic rings. The van der Waals surface area contributed by atoms with E-state index in [1.165, 1.54) is 0 Å². The Kier molecular flexibility index (Phi) is 7.79. The van der Waals surface area contributed by atoms with Crippen molar-refractivity contribution in [2.45, 2.75) is 24.4 Å². The van der Waals surface area contributed by atoms with Gasteiger partial charge in [-0.25, -0.2) is 0 Å². The van der Waals surface area contributed by atoms with Gasteiger partial charge in [0.25, 0.3) is 0 Å². The second kappa shape index (κ2) is 7.94. The summed E-state index contributed by atoms with van der Waals surface area (Å²) in [5.74, 6) is 0. The first-order valence-electron chi connectivity index (χ1n) is 4.69. The molecule has 4 atom stereocenters. The van der Waals surface area contributed by atoms with Crippen molar-refractivity contribution in [2.75, 3.05) is 26.3 Å². The van der Waals surface area contributed by atoms with E-state index in [4.69, 9.17) is 15.3 Å². The Morgan fingerprint density at radius 1 is 0.867 bits per heavy atom. The molecule has 7 N–H and O–H groups in total. The zero-order chi connectivity index (χ0) is 11.8. The van der Waals surface area contributed by atoms with Gasteiger partial charge in [0, 0.05) is 13.1 Å². The van der Waals surface area contributed by atoms with Crippen LogP contribution in [0.2, 0.25) is 0 Å². The van der Waals surface area contributed by atoms with Gasteiger partial charge in [-0.1, -0.05) is 0 Å². The van der Waals surface area contributed by atoms with Gasteiger partial charge in [-0.3, -0.25) is 0 Å². The summed E-state index contributed by atoms with van der Waals surface area (Å²) < 4.78 is 0. The molecule has 92 valence electrons. The Bertz CT molecular complexity index is 158. The number of hydrogen-bond donors (Lipinski definition) is 7. The van der Waals surface area contributed by atoms with Gasteiger partial charge < -0.3 is 36.0 Å². The first-order valence-corrected chi connectivity index (χ1v) is 4.69. The van der Waals surface area contributed by atoms with Crippen LogP contribution >= 0.6 is 0 Å². The van der Waals surface area contributed by atoms with E-state index in [0.29, 0.717) is 0 Å². The van der Waals surface area contributed by atoms with Crippen LogP contribution < -0.4 is 5.32 Å². The van der Waals surface area contributed by atoms with Gasteiger partial charge in [0.05, 0.1) is 19.3 Å². The van der Waals surface area contributed by atoms with Crippen LogP contribution in [0.25, 0.3) is 0 Å². The van der Waals surface area contributed by atoms with E-state index in [2.05, 4.69) is 5.32 Å². The third-order valence-electron chi connectivity index (χ3n) is 1.97. The van der Waals surface area contributed by atoms with Crippen molar-refractivity contribution in [3.8, 4) is 0 Å². The van der Waals surface area contributed by atoms with Gasteiger partial charge in [0.2, 0.25) is 0 Å². The maximum absolute atomic E-state index is 9.31. The summed E-state index contributed by atoms with van der Waals surface area (Å²) in [7, 11) is 0. The molecule has 0 heterocycles. The normalized spacial score (nSPS) is 19.6. The van der Waals surface area contributed by atoms with E-state index in [1.54, 1.807) is 0 Å². The van der Waals surface area contributed by atoms with Crippen molar-refractivity contribution >= 4 is 0 Å². The van der Waals surface area contributed by atoms with Gasteiger partial charge in [-0.2, -0.15) is 0 Å². The Balaban J connectivity index is 3.90. The van der Waals surface area contributed by atoms with Gasteiger partial charge in [0.15, 0.2) is 0 Å². The molecule has 0 radical (unpaired) electrons. The molecule has 0 aromatic carbocycles. The van der Waals surface area contributed by atoms with Crippen LogP contribution in [0, 0.1) is 0 Å². The predicted octanol–water partition coefficient (Wildman–Crippen LogP) is -4.00. The molecule has 7 heteroatoms. The Labute approximate surface area is 87.6 Å². The highest BCUT2D eigenvalue weighted by Crippen LogP contribution is 2.04. The summed E-state index contributed by atoms with van der Waals surface area (Å²) in [6, 6.07) is 0. The summed E-state index contributed by atoms with van der Waals surface area (Å²) in [4.78, 5) is 0. The van der Waals surface area contributed by atoms with Crippen LogP contribution in [0.3, 0.4) is 0 Å². The molecular weight excluding hydrogens is 206 g/mol. The van der Waals surface area contributed by atoms with Gasteiger partial charge in [-0.15, -0.1) is 0 Å². The molecule has 15 heavy (non-hydrogen) atoms. The lowest BCUT2D eigenvalue weighted by molar-refractivity contribution is -0.114. The highest BCUT2D eigenvalue weighted by molar-refractivity contribution is 4.81. The zero-order valence-corrected chi connectivity index (χ0v) is 8.32. The van der Waals surface area contributed by atoms with Crippen molar-refractivity contribution < 1.29 is 30.6 Å². The summed E-state index contributed by atoms with van der Waals surface area (Å²) in [5.41, 5.74) is 0. The Hall–Kier alpha value is -0.280. The molecule has 0 rings (SSSR count). The fourth-order valence-corrected chi connectivity index (χ4v) is 1.01. The molecule has 0 saturated heterocycles. The van der Waals surface area contributed by atoms with E-state index < -0.39 is 31.0 Å². The first kappa shape index (κ1) is 14.7. The number of rotatable bonds is 8. The van der Waals surface area contributed by atoms with Crippen molar-refractivity contribution in [3.05, 3.63) is 0 Å². The Morgan fingerprint density at radius 3 is 1.87 bits per heavy atom. The van der Waals surface area contributed by atoms with Crippen LogP contribution in [-0.2, 0) is 0 Å². The average molecular weight is 225 g/mol. The minimum Gasteiger partial charge on any atom is -0.395 e. The average Bonchev–Trinajstić information content (AvgIpc) is 2.26. The molecule has 0 aliphatic heterocycles. The second-order valence-corrected chi connectivity index (χ2v) is 3.23. The van der Waals surface area contributed by atoms with Crippen LogP contribution in [0.5, 0.6) is 0 Å². The fourth-order valence-electron chi connectivity index (χ4n) is 1.01. The smallest absolute Gasteiger partial charge is 0.111 e. The summed E-state index contributed by atoms with van der Waals surface area (Å²) >= 11 is 0. The van der Waals surface area contributed by atoms with E-state index in [-0.39, 0.29) is 19.7 Å². The van der Waals surface area contributed by atoms with Crippen LogP contribution in [-0.4, -0.2) is 81.4 Å². The van der Waals surface area contributed by atoms with Crippen molar-refractivity contribution in [3.63, 3.8) is 0 Å². The molecule has 0 bridgehead atoms. The molecule has 0 fully saturated rings. The van der Waals surface area contributed by atoms with Gasteiger partial charge in [0.1, 0.15) is 18.3 Å². The largest absolute Gasteiger partial charge is 0.395 e. The molecule has 0 amide bonds. The van der Waals surface area contributed by atoms with Crippen LogP contribution in [0.1, 0.15) is 0 Å². The van der Waals surface area contributed by atoms with E-state index in [0.717, 1.165) is 0 Å². The standard InChI is InChI=1S/C8H19NO6/c10-2-1-9-3-5(12)7(14)8(15)6(13)4-11/h5-15H,1-4H2. The third-order valence-corrected chi connectivity index (χ3v) is 1.97. The molecular formula is C8H19NO6. The third kappa shape index (κ3) is 5.38. The Morgan fingerprint density at radius 2 is 1.40 bits per heavy atom. The second-order valence-electron chi connectivity index (χ2n) is 3.23. The molecule has 0 spiro atoms. The SMILES string of the molecule is OCCNCC(O)C(O)C(O)C(O)CO. The van der Waals surface area contributed by atoms with Gasteiger partial charge >= 0.3 is 0 Å². The number of hydrogen-bond acceptors (Lipinski definition) is 7. The molecule has 0 aromatic rings. The van der Waals surface area contributed by atoms with Crippen molar-refractivity contribution in [1.82, 2.24) is 5.32 Å². The van der Waals surface area contributed by atoms with Gasteiger partial charge in [-0.05, 0) is 0 Å². The number of nitrogens with one attached hydrogen (secondary N) is 1.